The van der Waals surface area contributed by atoms with Crippen LogP contribution in [0, 0.1) is 0 Å². The van der Waals surface area contributed by atoms with Crippen LogP contribution >= 0.6 is 0 Å². The van der Waals surface area contributed by atoms with Crippen molar-refractivity contribution in [3.05, 3.63) is 0 Å². The minimum absolute atomic E-state index is 0.194. The zero-order chi connectivity index (χ0) is 11.6. The maximum atomic E-state index is 11.0. The molecule has 0 rings (SSSR count). The SMILES string of the molecule is CCC(N[Si](C)(C)C(C)(C)C)S(=O)O. The van der Waals surface area contributed by atoms with E-state index in [9.17, 15) is 4.21 Å². The smallest absolute Gasteiger partial charge is 0.169 e. The van der Waals surface area contributed by atoms with Crippen LogP contribution in [0.3, 0.4) is 0 Å². The second kappa shape index (κ2) is 4.87. The molecule has 0 amide bonds. The van der Waals surface area contributed by atoms with Crippen LogP contribution < -0.4 is 4.98 Å². The van der Waals surface area contributed by atoms with Crippen molar-refractivity contribution < 1.29 is 8.76 Å². The quantitative estimate of drug-likeness (QED) is 0.583. The average Bonchev–Trinajstić information content (AvgIpc) is 1.97. The predicted molar refractivity (Wildman–Crippen MR) is 65.2 cm³/mol. The Morgan fingerprint density at radius 2 is 1.86 bits per heavy atom. The van der Waals surface area contributed by atoms with Crippen LogP contribution in [-0.2, 0) is 11.1 Å². The Balaban J connectivity index is 4.56. The molecule has 2 unspecified atom stereocenters. The molecule has 0 aromatic rings. The third-order valence-electron chi connectivity index (χ3n) is 3.01. The lowest BCUT2D eigenvalue weighted by atomic mass is 10.2. The second-order valence-electron chi connectivity index (χ2n) is 5.19. The van der Waals surface area contributed by atoms with Crippen molar-refractivity contribution >= 4 is 19.3 Å². The van der Waals surface area contributed by atoms with Crippen LogP contribution in [0.25, 0.3) is 0 Å². The van der Waals surface area contributed by atoms with Crippen LogP contribution in [0.1, 0.15) is 34.1 Å². The van der Waals surface area contributed by atoms with E-state index >= 15 is 0 Å². The van der Waals surface area contributed by atoms with Gasteiger partial charge in [-0.1, -0.05) is 40.8 Å². The van der Waals surface area contributed by atoms with Crippen molar-refractivity contribution in [2.75, 3.05) is 0 Å². The molecule has 0 saturated heterocycles. The largest absolute Gasteiger partial charge is 0.322 e. The van der Waals surface area contributed by atoms with Gasteiger partial charge in [-0.05, 0) is 11.5 Å². The van der Waals surface area contributed by atoms with Crippen LogP contribution in [0.2, 0.25) is 18.1 Å². The summed E-state index contributed by atoms with van der Waals surface area (Å²) < 4.78 is 20.1. The highest BCUT2D eigenvalue weighted by molar-refractivity contribution is 7.79. The van der Waals surface area contributed by atoms with Gasteiger partial charge >= 0.3 is 0 Å². The molecule has 0 heterocycles. The summed E-state index contributed by atoms with van der Waals surface area (Å²) in [6, 6.07) is 0. The van der Waals surface area contributed by atoms with E-state index < -0.39 is 19.3 Å². The van der Waals surface area contributed by atoms with Gasteiger partial charge < -0.3 is 9.54 Å². The minimum atomic E-state index is -1.76. The normalized spacial score (nSPS) is 17.9. The fourth-order valence-electron chi connectivity index (χ4n) is 0.914. The molecule has 2 atom stereocenters. The molecule has 0 fully saturated rings. The van der Waals surface area contributed by atoms with Gasteiger partial charge in [-0.15, -0.1) is 0 Å². The average molecular weight is 237 g/mol. The maximum absolute atomic E-state index is 11.0. The summed E-state index contributed by atoms with van der Waals surface area (Å²) in [6.45, 7) is 12.9. The fraction of sp³-hybridized carbons (Fsp3) is 1.00. The van der Waals surface area contributed by atoms with Crippen LogP contribution in [0.4, 0.5) is 0 Å². The van der Waals surface area contributed by atoms with Crippen molar-refractivity contribution in [2.45, 2.75) is 57.6 Å². The Hall–Kier alpha value is 0.287. The molecule has 14 heavy (non-hydrogen) atoms. The van der Waals surface area contributed by atoms with Crippen LogP contribution in [0.15, 0.2) is 0 Å². The summed E-state index contributed by atoms with van der Waals surface area (Å²) in [5, 5.41) is -0.0873. The summed E-state index contributed by atoms with van der Waals surface area (Å²) in [7, 11) is -1.65. The van der Waals surface area contributed by atoms with Gasteiger partial charge in [0.2, 0.25) is 0 Å². The molecule has 0 bridgehead atoms. The Kier molecular flexibility index (Phi) is 4.97. The van der Waals surface area contributed by atoms with E-state index in [-0.39, 0.29) is 10.4 Å². The lowest BCUT2D eigenvalue weighted by Gasteiger charge is -2.39. The first kappa shape index (κ1) is 14.3. The van der Waals surface area contributed by atoms with E-state index in [2.05, 4.69) is 38.8 Å². The van der Waals surface area contributed by atoms with Gasteiger partial charge in [-0.3, -0.25) is 0 Å². The van der Waals surface area contributed by atoms with Gasteiger partial charge in [0.15, 0.2) is 11.1 Å². The molecule has 0 aliphatic carbocycles. The molecule has 0 aliphatic rings. The molecule has 2 N–H and O–H groups in total. The first-order valence-electron chi connectivity index (χ1n) is 4.99. The van der Waals surface area contributed by atoms with Gasteiger partial charge in [0.05, 0.1) is 0 Å². The summed E-state index contributed by atoms with van der Waals surface area (Å²) >= 11 is -1.76. The minimum Gasteiger partial charge on any atom is -0.322 e. The fourth-order valence-corrected chi connectivity index (χ4v) is 3.93. The van der Waals surface area contributed by atoms with Crippen molar-refractivity contribution in [3.63, 3.8) is 0 Å². The Labute approximate surface area is 91.0 Å². The van der Waals surface area contributed by atoms with E-state index in [1.54, 1.807) is 0 Å². The van der Waals surface area contributed by atoms with E-state index in [0.29, 0.717) is 6.42 Å². The molecule has 0 aromatic carbocycles. The van der Waals surface area contributed by atoms with Crippen molar-refractivity contribution in [1.82, 2.24) is 4.98 Å². The lowest BCUT2D eigenvalue weighted by molar-refractivity contribution is 0.533. The van der Waals surface area contributed by atoms with Gasteiger partial charge in [-0.2, -0.15) is 0 Å². The molecule has 0 saturated carbocycles. The molecular weight excluding hydrogens is 214 g/mol. The van der Waals surface area contributed by atoms with E-state index in [0.717, 1.165) is 0 Å². The number of nitrogens with one attached hydrogen (secondary N) is 1. The number of hydrogen-bond acceptors (Lipinski definition) is 2. The standard InChI is InChI=1S/C9H23NO2SSi/c1-7-8(13(11)12)10-14(5,6)9(2,3)4/h8,10H,7H2,1-6H3,(H,11,12). The van der Waals surface area contributed by atoms with Crippen molar-refractivity contribution in [2.24, 2.45) is 0 Å². The number of rotatable bonds is 4. The molecular formula is C9H23NO2SSi. The van der Waals surface area contributed by atoms with Crippen LogP contribution in [-0.4, -0.2) is 22.4 Å². The zero-order valence-electron chi connectivity index (χ0n) is 10.0. The highest BCUT2D eigenvalue weighted by Crippen LogP contribution is 2.34. The summed E-state index contributed by atoms with van der Waals surface area (Å²) in [6.07, 6.45) is 0.690. The second-order valence-corrected chi connectivity index (χ2v) is 11.4. The molecule has 86 valence electrons. The molecule has 0 aliphatic heterocycles. The van der Waals surface area contributed by atoms with Gasteiger partial charge in [0.25, 0.3) is 0 Å². The maximum Gasteiger partial charge on any atom is 0.169 e. The third kappa shape index (κ3) is 3.80. The molecule has 3 nitrogen and oxygen atoms in total. The predicted octanol–water partition coefficient (Wildman–Crippen LogP) is 2.54. The number of hydrogen-bond donors (Lipinski definition) is 2. The topological polar surface area (TPSA) is 49.3 Å². The molecule has 0 aromatic heterocycles. The summed E-state index contributed by atoms with van der Waals surface area (Å²) in [5.74, 6) is 0. The third-order valence-corrected chi connectivity index (χ3v) is 8.98. The highest BCUT2D eigenvalue weighted by Gasteiger charge is 2.37. The van der Waals surface area contributed by atoms with Gasteiger partial charge in [0.1, 0.15) is 13.6 Å². The van der Waals surface area contributed by atoms with Gasteiger partial charge in [0, 0.05) is 0 Å². The summed E-state index contributed by atoms with van der Waals surface area (Å²) in [4.78, 5) is 3.37. The van der Waals surface area contributed by atoms with Crippen molar-refractivity contribution in [1.29, 1.82) is 0 Å². The zero-order valence-corrected chi connectivity index (χ0v) is 11.9. The van der Waals surface area contributed by atoms with Crippen molar-refractivity contribution in [3.8, 4) is 0 Å². The summed E-state index contributed by atoms with van der Waals surface area (Å²) in [5.41, 5.74) is 0. The van der Waals surface area contributed by atoms with E-state index in [4.69, 9.17) is 4.55 Å². The van der Waals surface area contributed by atoms with Crippen LogP contribution in [0.5, 0.6) is 0 Å². The Morgan fingerprint density at radius 3 is 2.07 bits per heavy atom. The first-order valence-corrected chi connectivity index (χ1v) is 9.16. The molecule has 5 heteroatoms. The molecule has 0 spiro atoms. The Morgan fingerprint density at radius 1 is 1.43 bits per heavy atom. The van der Waals surface area contributed by atoms with E-state index in [1.165, 1.54) is 0 Å². The molecule has 0 radical (unpaired) electrons. The lowest BCUT2D eigenvalue weighted by Crippen LogP contribution is -2.57. The Bertz CT molecular complexity index is 213. The highest BCUT2D eigenvalue weighted by atomic mass is 32.2. The van der Waals surface area contributed by atoms with Gasteiger partial charge in [-0.25, -0.2) is 4.21 Å². The monoisotopic (exact) mass is 237 g/mol. The van der Waals surface area contributed by atoms with E-state index in [1.807, 2.05) is 6.92 Å². The first-order chi connectivity index (χ1) is 6.12.